The van der Waals surface area contributed by atoms with Crippen LogP contribution in [0.4, 0.5) is 0 Å². The molecule has 1 N–H and O–H groups in total. The third-order valence-electron chi connectivity index (χ3n) is 5.60. The van der Waals surface area contributed by atoms with E-state index in [1.807, 2.05) is 35.2 Å². The van der Waals surface area contributed by atoms with Crippen molar-refractivity contribution in [3.05, 3.63) is 81.8 Å². The zero-order valence-corrected chi connectivity index (χ0v) is 14.4. The number of carbonyl (C=O) groups excluding carboxylic acids is 1. The van der Waals surface area contributed by atoms with Gasteiger partial charge in [0.1, 0.15) is 5.69 Å². The van der Waals surface area contributed by atoms with E-state index in [1.165, 1.54) is 11.1 Å². The Morgan fingerprint density at radius 1 is 1.00 bits per heavy atom. The number of amides is 1. The van der Waals surface area contributed by atoms with E-state index >= 15 is 0 Å². The number of pyridine rings is 1. The van der Waals surface area contributed by atoms with Gasteiger partial charge >= 0.3 is 0 Å². The normalized spacial score (nSPS) is 18.7. The molecule has 2 aliphatic rings. The van der Waals surface area contributed by atoms with Gasteiger partial charge in [0.05, 0.1) is 6.04 Å². The maximum Gasteiger partial charge on any atom is 0.271 e. The molecule has 1 amide bonds. The molecule has 0 unspecified atom stereocenters. The number of hydrogen-bond donors (Lipinski definition) is 1. The number of aryl methyl sites for hydroxylation is 1. The highest BCUT2D eigenvalue weighted by Gasteiger charge is 2.41. The molecule has 0 aliphatic heterocycles. The summed E-state index contributed by atoms with van der Waals surface area (Å²) in [5.41, 5.74) is 2.79. The van der Waals surface area contributed by atoms with Crippen molar-refractivity contribution in [3.8, 4) is 0 Å². The Morgan fingerprint density at radius 3 is 2.62 bits per heavy atom. The highest BCUT2D eigenvalue weighted by Crippen LogP contribution is 2.42. The van der Waals surface area contributed by atoms with Gasteiger partial charge in [-0.15, -0.1) is 0 Å². The molecule has 4 heteroatoms. The average Bonchev–Trinajstić information content (AvgIpc) is 3.41. The molecule has 1 saturated carbocycles. The molecule has 0 radical (unpaired) electrons. The van der Waals surface area contributed by atoms with Crippen LogP contribution in [0.1, 0.15) is 46.9 Å². The Hall–Kier alpha value is -2.88. The number of hydrogen-bond acceptors (Lipinski definition) is 2. The van der Waals surface area contributed by atoms with Gasteiger partial charge in [-0.05, 0) is 54.3 Å². The number of aromatic amines is 1. The lowest BCUT2D eigenvalue weighted by molar-refractivity contribution is 0.0652. The van der Waals surface area contributed by atoms with Crippen LogP contribution in [0.15, 0.2) is 59.4 Å². The fourth-order valence-electron chi connectivity index (χ4n) is 4.20. The maximum absolute atomic E-state index is 13.4. The lowest BCUT2D eigenvalue weighted by atomic mass is 10.1. The molecule has 0 spiro atoms. The van der Waals surface area contributed by atoms with E-state index in [1.54, 1.807) is 6.07 Å². The predicted octanol–water partition coefficient (Wildman–Crippen LogP) is 3.82. The standard InChI is InChI=1S/C22H20N2O2/c25-21-18-8-4-2-6-15(18)13-19(23-21)22(26)24(16-10-11-16)20-12-9-14-5-1-3-7-17(14)20/h1-8,13,16,20H,9-12H2,(H,23,25)/t20-/m1/s1. The first-order valence-electron chi connectivity index (χ1n) is 9.25. The lowest BCUT2D eigenvalue weighted by Gasteiger charge is -2.30. The minimum absolute atomic E-state index is 0.0583. The summed E-state index contributed by atoms with van der Waals surface area (Å²) in [5, 5.41) is 1.43. The van der Waals surface area contributed by atoms with Crippen molar-refractivity contribution in [1.29, 1.82) is 0 Å². The van der Waals surface area contributed by atoms with Gasteiger partial charge < -0.3 is 9.88 Å². The van der Waals surface area contributed by atoms with Crippen molar-refractivity contribution in [1.82, 2.24) is 9.88 Å². The molecule has 0 bridgehead atoms. The highest BCUT2D eigenvalue weighted by atomic mass is 16.2. The first kappa shape index (κ1) is 15.4. The lowest BCUT2D eigenvalue weighted by Crippen LogP contribution is -2.37. The van der Waals surface area contributed by atoms with E-state index in [4.69, 9.17) is 0 Å². The number of fused-ring (bicyclic) bond motifs is 2. The van der Waals surface area contributed by atoms with E-state index < -0.39 is 0 Å². The van der Waals surface area contributed by atoms with Crippen LogP contribution in [-0.4, -0.2) is 21.8 Å². The van der Waals surface area contributed by atoms with Crippen molar-refractivity contribution in [3.63, 3.8) is 0 Å². The Morgan fingerprint density at radius 2 is 1.77 bits per heavy atom. The molecule has 3 aromatic rings. The van der Waals surface area contributed by atoms with Crippen molar-refractivity contribution in [2.45, 2.75) is 37.8 Å². The van der Waals surface area contributed by atoms with Gasteiger partial charge in [0.15, 0.2) is 0 Å². The number of aromatic nitrogens is 1. The van der Waals surface area contributed by atoms with Crippen LogP contribution in [0.25, 0.3) is 10.8 Å². The van der Waals surface area contributed by atoms with Gasteiger partial charge in [-0.25, -0.2) is 0 Å². The highest BCUT2D eigenvalue weighted by molar-refractivity contribution is 5.97. The summed E-state index contributed by atoms with van der Waals surface area (Å²) in [5.74, 6) is -0.0583. The van der Waals surface area contributed by atoms with Crippen molar-refractivity contribution < 1.29 is 4.79 Å². The van der Waals surface area contributed by atoms with Gasteiger partial charge in [-0.3, -0.25) is 9.59 Å². The summed E-state index contributed by atoms with van der Waals surface area (Å²) in [7, 11) is 0. The molecule has 1 fully saturated rings. The van der Waals surface area contributed by atoms with Gasteiger partial charge in [0, 0.05) is 11.4 Å². The topological polar surface area (TPSA) is 53.2 Å². The van der Waals surface area contributed by atoms with E-state index in [2.05, 4.69) is 23.2 Å². The molecule has 26 heavy (non-hydrogen) atoms. The number of H-pyrrole nitrogens is 1. The average molecular weight is 344 g/mol. The summed E-state index contributed by atoms with van der Waals surface area (Å²) >= 11 is 0. The minimum Gasteiger partial charge on any atom is -0.327 e. The fourth-order valence-corrected chi connectivity index (χ4v) is 4.20. The minimum atomic E-state index is -0.200. The fraction of sp³-hybridized carbons (Fsp3) is 0.273. The van der Waals surface area contributed by atoms with E-state index in [0.29, 0.717) is 11.1 Å². The predicted molar refractivity (Wildman–Crippen MR) is 101 cm³/mol. The smallest absolute Gasteiger partial charge is 0.271 e. The molecular weight excluding hydrogens is 324 g/mol. The Labute approximate surface area is 151 Å². The van der Waals surface area contributed by atoms with Crippen molar-refractivity contribution >= 4 is 16.7 Å². The zero-order chi connectivity index (χ0) is 17.7. The zero-order valence-electron chi connectivity index (χ0n) is 14.4. The van der Waals surface area contributed by atoms with Gasteiger partial charge in [0.25, 0.3) is 11.5 Å². The van der Waals surface area contributed by atoms with E-state index in [0.717, 1.165) is 31.1 Å². The van der Waals surface area contributed by atoms with Crippen molar-refractivity contribution in [2.24, 2.45) is 0 Å². The van der Waals surface area contributed by atoms with Gasteiger partial charge in [-0.1, -0.05) is 42.5 Å². The summed E-state index contributed by atoms with van der Waals surface area (Å²) in [6, 6.07) is 18.0. The van der Waals surface area contributed by atoms with Crippen LogP contribution in [0.3, 0.4) is 0 Å². The molecule has 1 atom stereocenters. The van der Waals surface area contributed by atoms with E-state index in [9.17, 15) is 9.59 Å². The molecule has 2 aromatic carbocycles. The monoisotopic (exact) mass is 344 g/mol. The third-order valence-corrected chi connectivity index (χ3v) is 5.60. The third kappa shape index (κ3) is 2.45. The molecule has 1 heterocycles. The summed E-state index contributed by atoms with van der Waals surface area (Å²) < 4.78 is 0. The summed E-state index contributed by atoms with van der Waals surface area (Å²) in [6.07, 6.45) is 4.05. The van der Waals surface area contributed by atoms with Crippen LogP contribution in [-0.2, 0) is 6.42 Å². The number of nitrogens with zero attached hydrogens (tertiary/aromatic N) is 1. The largest absolute Gasteiger partial charge is 0.327 e. The van der Waals surface area contributed by atoms with Crippen LogP contribution >= 0.6 is 0 Å². The molecule has 130 valence electrons. The molecule has 1 aromatic heterocycles. The number of rotatable bonds is 3. The first-order chi connectivity index (χ1) is 12.7. The number of benzene rings is 2. The van der Waals surface area contributed by atoms with Crippen LogP contribution < -0.4 is 5.56 Å². The van der Waals surface area contributed by atoms with Crippen molar-refractivity contribution in [2.75, 3.05) is 0 Å². The molecule has 5 rings (SSSR count). The second kappa shape index (κ2) is 5.84. The molecule has 0 saturated heterocycles. The summed E-state index contributed by atoms with van der Waals surface area (Å²) in [6.45, 7) is 0. The first-order valence-corrected chi connectivity index (χ1v) is 9.25. The molecule has 4 nitrogen and oxygen atoms in total. The maximum atomic E-state index is 13.4. The second-order valence-electron chi connectivity index (χ2n) is 7.30. The number of nitrogens with one attached hydrogen (secondary N) is 1. The van der Waals surface area contributed by atoms with Crippen LogP contribution in [0.5, 0.6) is 0 Å². The van der Waals surface area contributed by atoms with Crippen LogP contribution in [0.2, 0.25) is 0 Å². The molecular formula is C22H20N2O2. The Kier molecular flexibility index (Phi) is 3.45. The summed E-state index contributed by atoms with van der Waals surface area (Å²) in [4.78, 5) is 30.6. The van der Waals surface area contributed by atoms with E-state index in [-0.39, 0.29) is 23.6 Å². The quantitative estimate of drug-likeness (QED) is 0.785. The number of carbonyl (C=O) groups is 1. The molecule has 2 aliphatic carbocycles. The Balaban J connectivity index is 1.57. The second-order valence-corrected chi connectivity index (χ2v) is 7.30. The van der Waals surface area contributed by atoms with Gasteiger partial charge in [-0.2, -0.15) is 0 Å². The van der Waals surface area contributed by atoms with Gasteiger partial charge in [0.2, 0.25) is 0 Å². The SMILES string of the molecule is O=C(c1cc2ccccc2c(=O)[nH]1)N(C1CC1)[C@@H]1CCc2ccccc21. The Bertz CT molecular complexity index is 1060. The van der Waals surface area contributed by atoms with Crippen LogP contribution in [0, 0.1) is 0 Å².